The Labute approximate surface area is 155 Å². The Bertz CT molecular complexity index is 931. The van der Waals surface area contributed by atoms with Crippen LogP contribution in [0.2, 0.25) is 0 Å². The molecule has 1 saturated heterocycles. The number of amides is 2. The number of urea groups is 1. The Morgan fingerprint density at radius 2 is 2.11 bits per heavy atom. The molecule has 4 rings (SSSR count). The third-order valence-corrected chi connectivity index (χ3v) is 4.51. The van der Waals surface area contributed by atoms with E-state index < -0.39 is 0 Å². The van der Waals surface area contributed by atoms with E-state index in [1.807, 2.05) is 0 Å². The summed E-state index contributed by atoms with van der Waals surface area (Å²) < 4.78 is 18.8. The van der Waals surface area contributed by atoms with Gasteiger partial charge in [0.25, 0.3) is 0 Å². The molecule has 0 bridgehead atoms. The average molecular weight is 367 g/mol. The van der Waals surface area contributed by atoms with E-state index in [1.54, 1.807) is 41.6 Å². The molecule has 7 nitrogen and oxygen atoms in total. The number of anilines is 1. The molecule has 2 amide bonds. The molecule has 3 aromatic rings. The summed E-state index contributed by atoms with van der Waals surface area (Å²) in [6.07, 6.45) is 4.94. The van der Waals surface area contributed by atoms with Crippen LogP contribution in [0.4, 0.5) is 14.9 Å². The predicted molar refractivity (Wildman–Crippen MR) is 96.5 cm³/mol. The number of nitrogens with one attached hydrogen (secondary N) is 1. The zero-order chi connectivity index (χ0) is 18.6. The van der Waals surface area contributed by atoms with Crippen LogP contribution >= 0.6 is 0 Å². The lowest BCUT2D eigenvalue weighted by molar-refractivity contribution is 0.184. The van der Waals surface area contributed by atoms with Gasteiger partial charge in [-0.15, -0.1) is 0 Å². The van der Waals surface area contributed by atoms with Gasteiger partial charge in [0.2, 0.25) is 11.7 Å². The fraction of sp³-hybridized carbons (Fsp3) is 0.263. The SMILES string of the molecule is O=C(Nc1ccncc1)N1CCC[C@H](c2nc(-c3cccc(F)c3)no2)C1. The highest BCUT2D eigenvalue weighted by atomic mass is 19.1. The summed E-state index contributed by atoms with van der Waals surface area (Å²) in [5, 5.41) is 6.82. The van der Waals surface area contributed by atoms with Crippen molar-refractivity contribution in [2.75, 3.05) is 18.4 Å². The third kappa shape index (κ3) is 3.94. The molecule has 1 N–H and O–H groups in total. The number of pyridine rings is 1. The van der Waals surface area contributed by atoms with E-state index >= 15 is 0 Å². The Kier molecular flexibility index (Phi) is 4.78. The first-order chi connectivity index (χ1) is 13.2. The van der Waals surface area contributed by atoms with Crippen molar-refractivity contribution in [1.29, 1.82) is 0 Å². The van der Waals surface area contributed by atoms with Gasteiger partial charge in [0.1, 0.15) is 5.82 Å². The van der Waals surface area contributed by atoms with Crippen molar-refractivity contribution in [3.05, 3.63) is 60.5 Å². The van der Waals surface area contributed by atoms with Gasteiger partial charge in [-0.2, -0.15) is 4.98 Å². The maximum atomic E-state index is 13.4. The van der Waals surface area contributed by atoms with Crippen LogP contribution in [0, 0.1) is 5.82 Å². The van der Waals surface area contributed by atoms with Gasteiger partial charge in [0, 0.05) is 36.7 Å². The summed E-state index contributed by atoms with van der Waals surface area (Å²) in [6.45, 7) is 1.15. The van der Waals surface area contributed by atoms with Crippen molar-refractivity contribution in [1.82, 2.24) is 20.0 Å². The summed E-state index contributed by atoms with van der Waals surface area (Å²) >= 11 is 0. The van der Waals surface area contributed by atoms with Crippen molar-refractivity contribution in [2.24, 2.45) is 0 Å². The van der Waals surface area contributed by atoms with Crippen LogP contribution in [0.1, 0.15) is 24.7 Å². The second-order valence-corrected chi connectivity index (χ2v) is 6.42. The first kappa shape index (κ1) is 17.1. The monoisotopic (exact) mass is 367 g/mol. The molecule has 138 valence electrons. The second-order valence-electron chi connectivity index (χ2n) is 6.42. The lowest BCUT2D eigenvalue weighted by Gasteiger charge is -2.31. The number of benzene rings is 1. The number of carbonyl (C=O) groups excluding carboxylic acids is 1. The van der Waals surface area contributed by atoms with E-state index in [0.717, 1.165) is 12.8 Å². The molecule has 1 aromatic carbocycles. The highest BCUT2D eigenvalue weighted by molar-refractivity contribution is 5.89. The molecule has 0 aliphatic carbocycles. The van der Waals surface area contributed by atoms with Crippen molar-refractivity contribution in [3.63, 3.8) is 0 Å². The molecule has 1 atom stereocenters. The third-order valence-electron chi connectivity index (χ3n) is 4.51. The first-order valence-corrected chi connectivity index (χ1v) is 8.74. The molecular weight excluding hydrogens is 349 g/mol. The van der Waals surface area contributed by atoms with Crippen LogP contribution in [-0.2, 0) is 0 Å². The van der Waals surface area contributed by atoms with Gasteiger partial charge >= 0.3 is 6.03 Å². The fourth-order valence-electron chi connectivity index (χ4n) is 3.15. The Morgan fingerprint density at radius 3 is 2.93 bits per heavy atom. The number of nitrogens with zero attached hydrogens (tertiary/aromatic N) is 4. The number of carbonyl (C=O) groups is 1. The van der Waals surface area contributed by atoms with Gasteiger partial charge < -0.3 is 14.7 Å². The van der Waals surface area contributed by atoms with Crippen LogP contribution in [0.25, 0.3) is 11.4 Å². The van der Waals surface area contributed by atoms with Crippen LogP contribution in [-0.4, -0.2) is 39.1 Å². The minimum atomic E-state index is -0.351. The number of aromatic nitrogens is 3. The molecule has 8 heteroatoms. The van der Waals surface area contributed by atoms with E-state index in [9.17, 15) is 9.18 Å². The van der Waals surface area contributed by atoms with E-state index in [1.165, 1.54) is 12.1 Å². The van der Waals surface area contributed by atoms with Gasteiger partial charge in [-0.3, -0.25) is 4.98 Å². The molecule has 3 heterocycles. The number of halogens is 1. The number of hydrogen-bond acceptors (Lipinski definition) is 5. The zero-order valence-corrected chi connectivity index (χ0v) is 14.5. The topological polar surface area (TPSA) is 84.2 Å². The fourth-order valence-corrected chi connectivity index (χ4v) is 3.15. The quantitative estimate of drug-likeness (QED) is 0.763. The summed E-state index contributed by atoms with van der Waals surface area (Å²) in [7, 11) is 0. The summed E-state index contributed by atoms with van der Waals surface area (Å²) in [4.78, 5) is 22.6. The Morgan fingerprint density at radius 1 is 1.26 bits per heavy atom. The van der Waals surface area contributed by atoms with Gasteiger partial charge in [-0.1, -0.05) is 17.3 Å². The molecule has 0 saturated carbocycles. The first-order valence-electron chi connectivity index (χ1n) is 8.74. The lowest BCUT2D eigenvalue weighted by atomic mass is 9.98. The van der Waals surface area contributed by atoms with E-state index in [-0.39, 0.29) is 17.8 Å². The molecule has 2 aromatic heterocycles. The summed E-state index contributed by atoms with van der Waals surface area (Å²) in [6, 6.07) is 9.37. The normalized spacial score (nSPS) is 16.9. The molecular formula is C19H18FN5O2. The second kappa shape index (κ2) is 7.53. The summed E-state index contributed by atoms with van der Waals surface area (Å²) in [5.41, 5.74) is 1.26. The molecule has 0 spiro atoms. The van der Waals surface area contributed by atoms with Gasteiger partial charge in [0.05, 0.1) is 5.92 Å². The average Bonchev–Trinajstić information content (AvgIpc) is 3.19. The predicted octanol–water partition coefficient (Wildman–Crippen LogP) is 3.68. The van der Waals surface area contributed by atoms with Crippen LogP contribution < -0.4 is 5.32 Å². The minimum absolute atomic E-state index is 0.0447. The number of rotatable bonds is 3. The van der Waals surface area contributed by atoms with E-state index in [0.29, 0.717) is 36.1 Å². The Balaban J connectivity index is 1.45. The maximum absolute atomic E-state index is 13.4. The minimum Gasteiger partial charge on any atom is -0.339 e. The number of piperidine rings is 1. The molecule has 0 unspecified atom stereocenters. The number of likely N-dealkylation sites (tertiary alicyclic amines) is 1. The standard InChI is InChI=1S/C19H18FN5O2/c20-15-5-1-3-13(11-15)17-23-18(27-24-17)14-4-2-10-25(12-14)19(26)22-16-6-8-21-9-7-16/h1,3,5-9,11,14H,2,4,10,12H2,(H,21,22,26)/t14-/m0/s1. The Hall–Kier alpha value is -3.29. The van der Waals surface area contributed by atoms with E-state index in [2.05, 4.69) is 20.4 Å². The van der Waals surface area contributed by atoms with Crippen molar-refractivity contribution in [3.8, 4) is 11.4 Å². The van der Waals surface area contributed by atoms with Crippen molar-refractivity contribution in [2.45, 2.75) is 18.8 Å². The molecule has 27 heavy (non-hydrogen) atoms. The lowest BCUT2D eigenvalue weighted by Crippen LogP contribution is -2.41. The van der Waals surface area contributed by atoms with Crippen LogP contribution in [0.3, 0.4) is 0 Å². The highest BCUT2D eigenvalue weighted by Crippen LogP contribution is 2.28. The van der Waals surface area contributed by atoms with Crippen molar-refractivity contribution >= 4 is 11.7 Å². The molecule has 1 aliphatic rings. The highest BCUT2D eigenvalue weighted by Gasteiger charge is 2.28. The largest absolute Gasteiger partial charge is 0.339 e. The maximum Gasteiger partial charge on any atom is 0.321 e. The summed E-state index contributed by atoms with van der Waals surface area (Å²) in [5.74, 6) is 0.422. The smallest absolute Gasteiger partial charge is 0.321 e. The van der Waals surface area contributed by atoms with Crippen LogP contribution in [0.5, 0.6) is 0 Å². The van der Waals surface area contributed by atoms with Crippen LogP contribution in [0.15, 0.2) is 53.3 Å². The van der Waals surface area contributed by atoms with E-state index in [4.69, 9.17) is 4.52 Å². The van der Waals surface area contributed by atoms with Gasteiger partial charge in [0.15, 0.2) is 0 Å². The molecule has 1 aliphatic heterocycles. The zero-order valence-electron chi connectivity index (χ0n) is 14.5. The molecule has 1 fully saturated rings. The number of hydrogen-bond donors (Lipinski definition) is 1. The molecule has 0 radical (unpaired) electrons. The van der Waals surface area contributed by atoms with Gasteiger partial charge in [-0.25, -0.2) is 9.18 Å². The van der Waals surface area contributed by atoms with Gasteiger partial charge in [-0.05, 0) is 37.1 Å². The van der Waals surface area contributed by atoms with Crippen molar-refractivity contribution < 1.29 is 13.7 Å².